The summed E-state index contributed by atoms with van der Waals surface area (Å²) in [6, 6.07) is 7.67. The highest BCUT2D eigenvalue weighted by atomic mass is 35.5. The number of rotatable bonds is 6. The Bertz CT molecular complexity index is 858. The second-order valence-electron chi connectivity index (χ2n) is 6.46. The molecule has 3 rings (SSSR count). The van der Waals surface area contributed by atoms with Gasteiger partial charge in [0.15, 0.2) is 0 Å². The van der Waals surface area contributed by atoms with E-state index in [-0.39, 0.29) is 12.5 Å². The molecule has 0 radical (unpaired) electrons. The number of alkyl halides is 2. The molecule has 1 aromatic carbocycles. The molecule has 0 aliphatic heterocycles. The zero-order chi connectivity index (χ0) is 18.9. The summed E-state index contributed by atoms with van der Waals surface area (Å²) >= 11 is 18.1. The van der Waals surface area contributed by atoms with E-state index in [0.29, 0.717) is 18.0 Å². The van der Waals surface area contributed by atoms with E-state index in [1.807, 2.05) is 42.8 Å². The van der Waals surface area contributed by atoms with Crippen molar-refractivity contribution in [3.8, 4) is 0 Å². The molecule has 1 aliphatic carbocycles. The molecule has 1 aromatic heterocycles. The lowest BCUT2D eigenvalue weighted by atomic mass is 10.1. The van der Waals surface area contributed by atoms with Crippen molar-refractivity contribution in [1.29, 1.82) is 0 Å². The molecule has 1 aliphatic rings. The van der Waals surface area contributed by atoms with Crippen molar-refractivity contribution in [1.82, 2.24) is 9.78 Å². The number of benzene rings is 1. The van der Waals surface area contributed by atoms with Gasteiger partial charge in [0, 0.05) is 28.3 Å². The molecule has 2 aromatic rings. The molecule has 138 valence electrons. The molecule has 1 heterocycles. The Kier molecular flexibility index (Phi) is 5.66. The van der Waals surface area contributed by atoms with Crippen LogP contribution in [0.5, 0.6) is 0 Å². The van der Waals surface area contributed by atoms with Gasteiger partial charge in [-0.15, -0.1) is 23.2 Å². The van der Waals surface area contributed by atoms with Gasteiger partial charge in [-0.1, -0.05) is 29.8 Å². The third-order valence-corrected chi connectivity index (χ3v) is 5.78. The lowest BCUT2D eigenvalue weighted by Crippen LogP contribution is -2.07. The summed E-state index contributed by atoms with van der Waals surface area (Å²) in [4.78, 5) is 11.9. The van der Waals surface area contributed by atoms with Crippen LogP contribution in [-0.2, 0) is 16.1 Å². The Morgan fingerprint density at radius 1 is 1.38 bits per heavy atom. The normalized spacial score (nSPS) is 18.3. The van der Waals surface area contributed by atoms with Gasteiger partial charge in [0.1, 0.15) is 4.33 Å². The monoisotopic (exact) mass is 412 g/mol. The molecule has 1 saturated carbocycles. The minimum atomic E-state index is -0.739. The van der Waals surface area contributed by atoms with Crippen LogP contribution in [0.1, 0.15) is 28.9 Å². The topological polar surface area (TPSA) is 44.1 Å². The van der Waals surface area contributed by atoms with E-state index in [0.717, 1.165) is 22.5 Å². The SMILES string of the molecule is Cc1nn(Cc2ccccc2Cl)c(C)c1/C=C/C(=O)OC[C@H]1CC1(Cl)Cl. The van der Waals surface area contributed by atoms with E-state index in [2.05, 4.69) is 5.10 Å². The van der Waals surface area contributed by atoms with E-state index in [1.165, 1.54) is 6.08 Å². The van der Waals surface area contributed by atoms with Gasteiger partial charge in [-0.25, -0.2) is 4.79 Å². The smallest absolute Gasteiger partial charge is 0.330 e. The number of esters is 1. The molecule has 4 nitrogen and oxygen atoms in total. The highest BCUT2D eigenvalue weighted by molar-refractivity contribution is 6.50. The maximum absolute atomic E-state index is 11.9. The fraction of sp³-hybridized carbons (Fsp3) is 0.368. The van der Waals surface area contributed by atoms with Gasteiger partial charge < -0.3 is 4.74 Å². The molecule has 0 N–H and O–H groups in total. The number of ether oxygens (including phenoxy) is 1. The first kappa shape index (κ1) is 19.3. The van der Waals surface area contributed by atoms with Crippen molar-refractivity contribution >= 4 is 46.8 Å². The summed E-state index contributed by atoms with van der Waals surface area (Å²) in [7, 11) is 0. The van der Waals surface area contributed by atoms with Crippen molar-refractivity contribution in [2.45, 2.75) is 31.1 Å². The largest absolute Gasteiger partial charge is 0.462 e. The standard InChI is InChI=1S/C19H19Cl3N2O2/c1-12-16(7-8-18(25)26-11-15-9-19(15,21)22)13(2)24(23-12)10-14-5-3-4-6-17(14)20/h3-8,15H,9-11H2,1-2H3/b8-7+/t15-/m1/s1. The Morgan fingerprint density at radius 3 is 2.73 bits per heavy atom. The maximum atomic E-state index is 11.9. The van der Waals surface area contributed by atoms with Crippen LogP contribution in [-0.4, -0.2) is 26.7 Å². The summed E-state index contributed by atoms with van der Waals surface area (Å²) in [5.41, 5.74) is 3.67. The minimum absolute atomic E-state index is 0.0185. The predicted octanol–water partition coefficient (Wildman–Crippen LogP) is 4.95. The molecular weight excluding hydrogens is 395 g/mol. The predicted molar refractivity (Wildman–Crippen MR) is 105 cm³/mol. The lowest BCUT2D eigenvalue weighted by molar-refractivity contribution is -0.138. The number of hydrogen-bond acceptors (Lipinski definition) is 3. The van der Waals surface area contributed by atoms with Crippen LogP contribution in [0, 0.1) is 19.8 Å². The van der Waals surface area contributed by atoms with Gasteiger partial charge in [0.2, 0.25) is 0 Å². The fourth-order valence-corrected chi connectivity index (χ4v) is 3.42. The summed E-state index contributed by atoms with van der Waals surface area (Å²) in [5.74, 6) is -0.399. The zero-order valence-electron chi connectivity index (χ0n) is 14.5. The quantitative estimate of drug-likeness (QED) is 0.382. The minimum Gasteiger partial charge on any atom is -0.462 e. The Labute approximate surface area is 167 Å². The van der Waals surface area contributed by atoms with Crippen molar-refractivity contribution in [2.75, 3.05) is 6.61 Å². The molecule has 26 heavy (non-hydrogen) atoms. The number of aryl methyl sites for hydroxylation is 1. The van der Waals surface area contributed by atoms with Crippen LogP contribution in [0.25, 0.3) is 6.08 Å². The second-order valence-corrected chi connectivity index (χ2v) is 8.41. The Balaban J connectivity index is 1.66. The van der Waals surface area contributed by atoms with Crippen molar-refractivity contribution in [3.05, 3.63) is 57.9 Å². The van der Waals surface area contributed by atoms with Crippen molar-refractivity contribution < 1.29 is 9.53 Å². The van der Waals surface area contributed by atoms with Crippen LogP contribution < -0.4 is 0 Å². The summed E-state index contributed by atoms with van der Waals surface area (Å²) in [6.45, 7) is 4.67. The molecule has 0 amide bonds. The molecule has 1 fully saturated rings. The molecule has 0 spiro atoms. The van der Waals surface area contributed by atoms with Gasteiger partial charge in [0.05, 0.1) is 18.8 Å². The number of aromatic nitrogens is 2. The summed E-state index contributed by atoms with van der Waals surface area (Å²) in [6.07, 6.45) is 3.79. The Hall–Kier alpha value is -1.49. The van der Waals surface area contributed by atoms with E-state index in [1.54, 1.807) is 6.08 Å². The Morgan fingerprint density at radius 2 is 2.08 bits per heavy atom. The van der Waals surface area contributed by atoms with Gasteiger partial charge >= 0.3 is 5.97 Å². The average molecular weight is 414 g/mol. The third kappa shape index (κ3) is 4.43. The molecule has 0 bridgehead atoms. The number of halogens is 3. The van der Waals surface area contributed by atoms with Crippen molar-refractivity contribution in [3.63, 3.8) is 0 Å². The first-order valence-corrected chi connectivity index (χ1v) is 9.41. The van der Waals surface area contributed by atoms with E-state index in [9.17, 15) is 4.79 Å². The van der Waals surface area contributed by atoms with Gasteiger partial charge in [-0.3, -0.25) is 4.68 Å². The van der Waals surface area contributed by atoms with Crippen molar-refractivity contribution in [2.24, 2.45) is 5.92 Å². The van der Waals surface area contributed by atoms with Gasteiger partial charge in [-0.2, -0.15) is 5.10 Å². The van der Waals surface area contributed by atoms with Gasteiger partial charge in [0.25, 0.3) is 0 Å². The first-order valence-electron chi connectivity index (χ1n) is 8.28. The lowest BCUT2D eigenvalue weighted by Gasteiger charge is -2.06. The summed E-state index contributed by atoms with van der Waals surface area (Å²) in [5, 5.41) is 5.25. The maximum Gasteiger partial charge on any atom is 0.330 e. The number of carbonyl (C=O) groups is 1. The van der Waals surface area contributed by atoms with Crippen LogP contribution >= 0.6 is 34.8 Å². The van der Waals surface area contributed by atoms with E-state index < -0.39 is 10.3 Å². The molecule has 0 unspecified atom stereocenters. The molecule has 1 atom stereocenters. The number of nitrogens with zero attached hydrogens (tertiary/aromatic N) is 2. The highest BCUT2D eigenvalue weighted by Crippen LogP contribution is 2.53. The van der Waals surface area contributed by atoms with Crippen LogP contribution in [0.15, 0.2) is 30.3 Å². The molecule has 0 saturated heterocycles. The van der Waals surface area contributed by atoms with Crippen LogP contribution in [0.3, 0.4) is 0 Å². The average Bonchev–Trinajstić information content (AvgIpc) is 3.11. The fourth-order valence-electron chi connectivity index (χ4n) is 2.73. The molecular formula is C19H19Cl3N2O2. The zero-order valence-corrected chi connectivity index (χ0v) is 16.8. The number of carbonyl (C=O) groups excluding carboxylic acids is 1. The highest BCUT2D eigenvalue weighted by Gasteiger charge is 2.52. The van der Waals surface area contributed by atoms with Crippen LogP contribution in [0.2, 0.25) is 5.02 Å². The molecule has 7 heteroatoms. The number of hydrogen-bond donors (Lipinski definition) is 0. The van der Waals surface area contributed by atoms with Crippen LogP contribution in [0.4, 0.5) is 0 Å². The third-order valence-electron chi connectivity index (χ3n) is 4.48. The summed E-state index contributed by atoms with van der Waals surface area (Å²) < 4.78 is 6.32. The second kappa shape index (κ2) is 7.63. The van der Waals surface area contributed by atoms with E-state index in [4.69, 9.17) is 39.5 Å². The van der Waals surface area contributed by atoms with E-state index >= 15 is 0 Å². The van der Waals surface area contributed by atoms with Gasteiger partial charge in [-0.05, 0) is 38.0 Å². The first-order chi connectivity index (χ1) is 12.3.